The molecule has 9 rings (SSSR count). The van der Waals surface area contributed by atoms with Crippen molar-refractivity contribution in [2.45, 2.75) is 0 Å². The van der Waals surface area contributed by atoms with Gasteiger partial charge in [-0.2, -0.15) is 0 Å². The third kappa shape index (κ3) is 3.54. The molecule has 0 fully saturated rings. The molecule has 2 aromatic heterocycles. The van der Waals surface area contributed by atoms with E-state index in [0.29, 0.717) is 0 Å². The Morgan fingerprint density at radius 3 is 2.02 bits per heavy atom. The molecule has 6 aromatic carbocycles. The van der Waals surface area contributed by atoms with Gasteiger partial charge in [-0.05, 0) is 86.6 Å². The van der Waals surface area contributed by atoms with Crippen LogP contribution < -0.4 is 4.90 Å². The third-order valence-corrected chi connectivity index (χ3v) is 9.52. The Kier molecular flexibility index (Phi) is 5.10. The van der Waals surface area contributed by atoms with Crippen molar-refractivity contribution in [1.82, 2.24) is 4.98 Å². The first-order valence-corrected chi connectivity index (χ1v) is 15.0. The molecule has 0 atom stereocenters. The molecule has 8 aromatic rings. The first-order valence-electron chi connectivity index (χ1n) is 14.2. The first-order chi connectivity index (χ1) is 20.8. The van der Waals surface area contributed by atoms with Crippen molar-refractivity contribution in [3.05, 3.63) is 146 Å². The van der Waals surface area contributed by atoms with Crippen LogP contribution in [-0.4, -0.2) is 4.98 Å². The summed E-state index contributed by atoms with van der Waals surface area (Å²) in [7, 11) is 0. The Morgan fingerprint density at radius 1 is 0.476 bits per heavy atom. The highest BCUT2D eigenvalue weighted by atomic mass is 32.1. The molecule has 0 saturated heterocycles. The molecule has 0 saturated carbocycles. The molecular weight excluding hydrogens is 529 g/mol. The van der Waals surface area contributed by atoms with E-state index in [9.17, 15) is 0 Å². The zero-order valence-corrected chi connectivity index (χ0v) is 23.5. The van der Waals surface area contributed by atoms with Gasteiger partial charge >= 0.3 is 0 Å². The van der Waals surface area contributed by atoms with E-state index in [1.165, 1.54) is 59.6 Å². The number of aromatic nitrogens is 1. The van der Waals surface area contributed by atoms with Crippen molar-refractivity contribution in [2.24, 2.45) is 0 Å². The lowest BCUT2D eigenvalue weighted by molar-refractivity contribution is 1.21. The fraction of sp³-hybridized carbons (Fsp3) is 0. The van der Waals surface area contributed by atoms with Gasteiger partial charge in [-0.1, -0.05) is 103 Å². The minimum absolute atomic E-state index is 0.912. The number of benzene rings is 6. The zero-order chi connectivity index (χ0) is 27.6. The van der Waals surface area contributed by atoms with E-state index in [0.717, 1.165) is 22.0 Å². The highest BCUT2D eigenvalue weighted by Crippen LogP contribution is 2.49. The highest BCUT2D eigenvalue weighted by molar-refractivity contribution is 7.25. The molecule has 2 heterocycles. The van der Waals surface area contributed by atoms with Crippen LogP contribution >= 0.6 is 11.3 Å². The number of pyridine rings is 1. The van der Waals surface area contributed by atoms with Crippen LogP contribution in [0.25, 0.3) is 64.5 Å². The Bertz CT molecular complexity index is 2290. The lowest BCUT2D eigenvalue weighted by Gasteiger charge is -2.25. The smallest absolute Gasteiger partial charge is 0.139 e. The van der Waals surface area contributed by atoms with Crippen molar-refractivity contribution in [2.75, 3.05) is 4.90 Å². The first kappa shape index (κ1) is 23.5. The van der Waals surface area contributed by atoms with Crippen LogP contribution in [0, 0.1) is 0 Å². The zero-order valence-electron chi connectivity index (χ0n) is 22.7. The summed E-state index contributed by atoms with van der Waals surface area (Å²) in [5.41, 5.74) is 9.76. The molecule has 0 aliphatic heterocycles. The summed E-state index contributed by atoms with van der Waals surface area (Å²) in [6.07, 6.45) is 0. The maximum Gasteiger partial charge on any atom is 0.139 e. The topological polar surface area (TPSA) is 16.1 Å². The highest BCUT2D eigenvalue weighted by Gasteiger charge is 2.24. The lowest BCUT2D eigenvalue weighted by Crippen LogP contribution is -2.11. The Morgan fingerprint density at radius 2 is 1.19 bits per heavy atom. The second kappa shape index (κ2) is 9.13. The number of hydrogen-bond donors (Lipinski definition) is 0. The van der Waals surface area contributed by atoms with Crippen LogP contribution in [0.1, 0.15) is 0 Å². The second-order valence-corrected chi connectivity index (χ2v) is 11.8. The fourth-order valence-electron chi connectivity index (χ4n) is 6.49. The number of hydrogen-bond acceptors (Lipinski definition) is 3. The Balaban J connectivity index is 1.23. The summed E-state index contributed by atoms with van der Waals surface area (Å²) in [5.74, 6) is 0.912. The van der Waals surface area contributed by atoms with Gasteiger partial charge in [0.15, 0.2) is 0 Å². The van der Waals surface area contributed by atoms with Crippen molar-refractivity contribution in [3.63, 3.8) is 0 Å². The van der Waals surface area contributed by atoms with Crippen LogP contribution in [0.3, 0.4) is 0 Å². The molecule has 2 nitrogen and oxygen atoms in total. The maximum atomic E-state index is 5.26. The van der Waals surface area contributed by atoms with Gasteiger partial charge in [-0.3, -0.25) is 4.90 Å². The van der Waals surface area contributed by atoms with E-state index in [4.69, 9.17) is 4.98 Å². The summed E-state index contributed by atoms with van der Waals surface area (Å²) >= 11 is 1.75. The van der Waals surface area contributed by atoms with E-state index >= 15 is 0 Å². The van der Waals surface area contributed by atoms with Gasteiger partial charge in [-0.25, -0.2) is 4.98 Å². The molecule has 3 heteroatoms. The molecule has 0 bridgehead atoms. The maximum absolute atomic E-state index is 5.26. The average molecular weight is 553 g/mol. The fourth-order valence-corrected chi connectivity index (χ4v) is 7.56. The van der Waals surface area contributed by atoms with Gasteiger partial charge in [-0.15, -0.1) is 11.3 Å². The summed E-state index contributed by atoms with van der Waals surface area (Å²) in [4.78, 5) is 8.61. The Hall–Kier alpha value is -5.25. The minimum Gasteiger partial charge on any atom is -0.295 e. The molecule has 1 aliphatic rings. The van der Waals surface area contributed by atoms with Gasteiger partial charge < -0.3 is 0 Å². The lowest BCUT2D eigenvalue weighted by atomic mass is 10.0. The van der Waals surface area contributed by atoms with Crippen LogP contribution in [0.2, 0.25) is 0 Å². The number of fused-ring (bicyclic) bond motifs is 6. The molecule has 196 valence electrons. The molecule has 0 N–H and O–H groups in total. The average Bonchev–Trinajstić information content (AvgIpc) is 3.58. The van der Waals surface area contributed by atoms with Gasteiger partial charge in [0.25, 0.3) is 0 Å². The van der Waals surface area contributed by atoms with Gasteiger partial charge in [0.1, 0.15) is 10.6 Å². The van der Waals surface area contributed by atoms with Crippen molar-refractivity contribution < 1.29 is 0 Å². The number of thiophene rings is 1. The van der Waals surface area contributed by atoms with Crippen LogP contribution in [0.15, 0.2) is 146 Å². The third-order valence-electron chi connectivity index (χ3n) is 8.44. The van der Waals surface area contributed by atoms with Crippen LogP contribution in [0.4, 0.5) is 17.2 Å². The molecule has 0 spiro atoms. The largest absolute Gasteiger partial charge is 0.295 e. The molecule has 1 aliphatic carbocycles. The van der Waals surface area contributed by atoms with E-state index in [1.807, 2.05) is 0 Å². The standard InChI is InChI=1S/C39H24N2S/c1-2-8-25(9-3-1)26-16-18-28(19-17-26)41(37-23-22-34-31-12-4-5-15-36(31)42-39(34)40-37)29-20-21-30-32-13-6-10-27-11-7-14-33(38(27)32)35(30)24-29/h1-24H. The van der Waals surface area contributed by atoms with E-state index < -0.39 is 0 Å². The summed E-state index contributed by atoms with van der Waals surface area (Å²) in [6.45, 7) is 0. The SMILES string of the molecule is c1ccc(-c2ccc(N(c3ccc4c(c3)-c3cccc5cccc-4c35)c3ccc4c(n3)sc3ccccc34)cc2)cc1. The molecule has 42 heavy (non-hydrogen) atoms. The van der Waals surface area contributed by atoms with Crippen LogP contribution in [-0.2, 0) is 0 Å². The Labute approximate surface area is 247 Å². The predicted molar refractivity (Wildman–Crippen MR) is 179 cm³/mol. The quantitative estimate of drug-likeness (QED) is 0.216. The van der Waals surface area contributed by atoms with Gasteiger partial charge in [0, 0.05) is 26.8 Å². The van der Waals surface area contributed by atoms with Gasteiger partial charge in [0.2, 0.25) is 0 Å². The normalized spacial score (nSPS) is 11.8. The monoisotopic (exact) mass is 552 g/mol. The molecular formula is C39H24N2S. The number of nitrogens with zero attached hydrogens (tertiary/aromatic N) is 2. The van der Waals surface area contributed by atoms with Crippen LogP contribution in [0.5, 0.6) is 0 Å². The molecule has 0 radical (unpaired) electrons. The van der Waals surface area contributed by atoms with Gasteiger partial charge in [0.05, 0.1) is 0 Å². The van der Waals surface area contributed by atoms with E-state index in [2.05, 4.69) is 150 Å². The number of rotatable bonds is 4. The molecule has 0 unspecified atom stereocenters. The van der Waals surface area contributed by atoms with E-state index in [1.54, 1.807) is 11.3 Å². The second-order valence-electron chi connectivity index (χ2n) is 10.8. The van der Waals surface area contributed by atoms with Crippen molar-refractivity contribution in [1.29, 1.82) is 0 Å². The van der Waals surface area contributed by atoms with E-state index in [-0.39, 0.29) is 0 Å². The van der Waals surface area contributed by atoms with Crippen molar-refractivity contribution in [3.8, 4) is 33.4 Å². The minimum atomic E-state index is 0.912. The summed E-state index contributed by atoms with van der Waals surface area (Å²) < 4.78 is 1.26. The summed E-state index contributed by atoms with van der Waals surface area (Å²) in [6, 6.07) is 52.4. The predicted octanol–water partition coefficient (Wildman–Crippen LogP) is 11.4. The van der Waals surface area contributed by atoms with Crippen molar-refractivity contribution >= 4 is 59.6 Å². The summed E-state index contributed by atoms with van der Waals surface area (Å²) in [5, 5.41) is 5.09. The number of anilines is 3. The molecule has 0 amide bonds.